The summed E-state index contributed by atoms with van der Waals surface area (Å²) in [5.74, 6) is -0.701. The van der Waals surface area contributed by atoms with Crippen molar-refractivity contribution >= 4 is 17.6 Å². The lowest BCUT2D eigenvalue weighted by Crippen LogP contribution is -2.30. The zero-order valence-electron chi connectivity index (χ0n) is 11.2. The maximum Gasteiger partial charge on any atom is 0.325 e. The van der Waals surface area contributed by atoms with Crippen LogP contribution >= 0.6 is 0 Å². The van der Waals surface area contributed by atoms with Gasteiger partial charge in [0.05, 0.1) is 7.11 Å². The Morgan fingerprint density at radius 1 is 1.42 bits per heavy atom. The number of aryl methyl sites for hydroxylation is 1. The number of hydrogen-bond acceptors (Lipinski definition) is 4. The average molecular weight is 262 g/mol. The van der Waals surface area contributed by atoms with Crippen LogP contribution in [0.5, 0.6) is 0 Å². The second-order valence-electron chi connectivity index (χ2n) is 4.63. The van der Waals surface area contributed by atoms with Gasteiger partial charge in [0, 0.05) is 24.8 Å². The molecule has 0 radical (unpaired) electrons. The fraction of sp³-hybridized carbons (Fsp3) is 0.429. The van der Waals surface area contributed by atoms with E-state index >= 15 is 0 Å². The van der Waals surface area contributed by atoms with E-state index in [2.05, 4.69) is 22.0 Å². The van der Waals surface area contributed by atoms with Crippen LogP contribution in [-0.2, 0) is 16.0 Å². The number of methoxy groups -OCH3 is 1. The van der Waals surface area contributed by atoms with E-state index in [1.54, 1.807) is 6.07 Å². The third kappa shape index (κ3) is 3.05. The Morgan fingerprint density at radius 3 is 2.95 bits per heavy atom. The summed E-state index contributed by atoms with van der Waals surface area (Å²) < 4.78 is 4.48. The number of amides is 1. The SMILES string of the molecule is COC(=O)CNC(=O)c1ccc2c(c1)CCCN2C. The average Bonchev–Trinajstić information content (AvgIpc) is 2.44. The van der Waals surface area contributed by atoms with E-state index in [0.29, 0.717) is 5.56 Å². The lowest BCUT2D eigenvalue weighted by atomic mass is 9.99. The zero-order chi connectivity index (χ0) is 13.8. The normalized spacial score (nSPS) is 13.7. The first kappa shape index (κ1) is 13.4. The molecule has 0 aliphatic carbocycles. The maximum absolute atomic E-state index is 11.9. The summed E-state index contributed by atoms with van der Waals surface area (Å²) >= 11 is 0. The summed E-state index contributed by atoms with van der Waals surface area (Å²) in [6.07, 6.45) is 2.08. The topological polar surface area (TPSA) is 58.6 Å². The number of carbonyl (C=O) groups excluding carboxylic acids is 2. The molecule has 1 aromatic carbocycles. The Balaban J connectivity index is 2.09. The summed E-state index contributed by atoms with van der Waals surface area (Å²) in [7, 11) is 3.35. The fourth-order valence-corrected chi connectivity index (χ4v) is 2.25. The van der Waals surface area contributed by atoms with E-state index in [-0.39, 0.29) is 12.5 Å². The molecule has 1 aromatic rings. The van der Waals surface area contributed by atoms with Gasteiger partial charge in [0.2, 0.25) is 0 Å². The summed E-state index contributed by atoms with van der Waals surface area (Å²) in [5.41, 5.74) is 2.94. The lowest BCUT2D eigenvalue weighted by molar-refractivity contribution is -0.139. The minimum atomic E-state index is -0.453. The molecule has 0 unspecified atom stereocenters. The van der Waals surface area contributed by atoms with Gasteiger partial charge in [0.25, 0.3) is 5.91 Å². The number of nitrogens with one attached hydrogen (secondary N) is 1. The molecule has 0 saturated heterocycles. The molecule has 0 bridgehead atoms. The first-order valence-electron chi connectivity index (χ1n) is 6.31. The molecule has 1 aliphatic rings. The van der Waals surface area contributed by atoms with Crippen LogP contribution in [0, 0.1) is 0 Å². The number of hydrogen-bond donors (Lipinski definition) is 1. The second-order valence-corrected chi connectivity index (χ2v) is 4.63. The molecular weight excluding hydrogens is 244 g/mol. The molecule has 0 spiro atoms. The number of carbonyl (C=O) groups is 2. The largest absolute Gasteiger partial charge is 0.468 e. The summed E-state index contributed by atoms with van der Waals surface area (Å²) in [5, 5.41) is 2.54. The van der Waals surface area contributed by atoms with E-state index in [0.717, 1.165) is 19.4 Å². The Kier molecular flexibility index (Phi) is 4.04. The minimum absolute atomic E-state index is 0.105. The first-order chi connectivity index (χ1) is 9.11. The quantitative estimate of drug-likeness (QED) is 0.825. The molecule has 0 saturated carbocycles. The smallest absolute Gasteiger partial charge is 0.325 e. The molecule has 2 rings (SSSR count). The minimum Gasteiger partial charge on any atom is -0.468 e. The molecule has 0 atom stereocenters. The van der Waals surface area contributed by atoms with Crippen molar-refractivity contribution in [2.24, 2.45) is 0 Å². The maximum atomic E-state index is 11.9. The monoisotopic (exact) mass is 262 g/mol. The van der Waals surface area contributed by atoms with Crippen molar-refractivity contribution in [1.82, 2.24) is 5.32 Å². The van der Waals surface area contributed by atoms with Crippen LogP contribution in [0.3, 0.4) is 0 Å². The van der Waals surface area contributed by atoms with E-state index in [1.165, 1.54) is 18.4 Å². The third-order valence-electron chi connectivity index (χ3n) is 3.31. The third-order valence-corrected chi connectivity index (χ3v) is 3.31. The molecular formula is C14H18N2O3. The van der Waals surface area contributed by atoms with Crippen LogP contribution in [-0.4, -0.2) is 39.1 Å². The van der Waals surface area contributed by atoms with Crippen molar-refractivity contribution in [2.45, 2.75) is 12.8 Å². The van der Waals surface area contributed by atoms with Gasteiger partial charge < -0.3 is 15.0 Å². The van der Waals surface area contributed by atoms with Crippen LogP contribution in [0.1, 0.15) is 22.3 Å². The highest BCUT2D eigenvalue weighted by molar-refractivity contribution is 5.96. The molecule has 1 aliphatic heterocycles. The highest BCUT2D eigenvalue weighted by Gasteiger charge is 2.16. The number of benzene rings is 1. The number of nitrogens with zero attached hydrogens (tertiary/aromatic N) is 1. The Hall–Kier alpha value is -2.04. The molecule has 1 heterocycles. The van der Waals surface area contributed by atoms with Gasteiger partial charge in [-0.1, -0.05) is 0 Å². The summed E-state index contributed by atoms with van der Waals surface area (Å²) in [6, 6.07) is 5.65. The van der Waals surface area contributed by atoms with Crippen LogP contribution in [0.4, 0.5) is 5.69 Å². The van der Waals surface area contributed by atoms with Gasteiger partial charge in [-0.05, 0) is 36.6 Å². The number of esters is 1. The van der Waals surface area contributed by atoms with E-state index < -0.39 is 5.97 Å². The van der Waals surface area contributed by atoms with Crippen molar-refractivity contribution in [3.8, 4) is 0 Å². The predicted octanol–water partition coefficient (Wildman–Crippen LogP) is 0.972. The number of anilines is 1. The van der Waals surface area contributed by atoms with E-state index in [1.807, 2.05) is 12.1 Å². The van der Waals surface area contributed by atoms with Gasteiger partial charge in [-0.15, -0.1) is 0 Å². The van der Waals surface area contributed by atoms with Gasteiger partial charge in [-0.3, -0.25) is 9.59 Å². The van der Waals surface area contributed by atoms with Gasteiger partial charge in [0.1, 0.15) is 6.54 Å². The number of fused-ring (bicyclic) bond motifs is 1. The molecule has 102 valence electrons. The van der Waals surface area contributed by atoms with Gasteiger partial charge >= 0.3 is 5.97 Å². The molecule has 19 heavy (non-hydrogen) atoms. The van der Waals surface area contributed by atoms with Crippen LogP contribution in [0.15, 0.2) is 18.2 Å². The van der Waals surface area contributed by atoms with Crippen LogP contribution in [0.25, 0.3) is 0 Å². The fourth-order valence-electron chi connectivity index (χ4n) is 2.25. The van der Waals surface area contributed by atoms with Crippen molar-refractivity contribution in [3.05, 3.63) is 29.3 Å². The summed E-state index contributed by atoms with van der Waals surface area (Å²) in [4.78, 5) is 25.1. The van der Waals surface area contributed by atoms with E-state index in [4.69, 9.17) is 0 Å². The molecule has 0 fully saturated rings. The highest BCUT2D eigenvalue weighted by Crippen LogP contribution is 2.26. The van der Waals surface area contributed by atoms with Crippen molar-refractivity contribution in [3.63, 3.8) is 0 Å². The summed E-state index contributed by atoms with van der Waals surface area (Å²) in [6.45, 7) is 0.938. The molecule has 5 nitrogen and oxygen atoms in total. The van der Waals surface area contributed by atoms with Crippen molar-refractivity contribution < 1.29 is 14.3 Å². The predicted molar refractivity (Wildman–Crippen MR) is 72.4 cm³/mol. The van der Waals surface area contributed by atoms with Gasteiger partial charge in [-0.25, -0.2) is 0 Å². The number of ether oxygens (including phenoxy) is 1. The molecule has 1 amide bonds. The Bertz CT molecular complexity index is 499. The van der Waals surface area contributed by atoms with Crippen molar-refractivity contribution in [2.75, 3.05) is 32.1 Å². The second kappa shape index (κ2) is 5.73. The van der Waals surface area contributed by atoms with Crippen LogP contribution < -0.4 is 10.2 Å². The van der Waals surface area contributed by atoms with Crippen LogP contribution in [0.2, 0.25) is 0 Å². The van der Waals surface area contributed by atoms with Gasteiger partial charge in [0.15, 0.2) is 0 Å². The van der Waals surface area contributed by atoms with Crippen molar-refractivity contribution in [1.29, 1.82) is 0 Å². The lowest BCUT2D eigenvalue weighted by Gasteiger charge is -2.27. The molecule has 5 heteroatoms. The first-order valence-corrected chi connectivity index (χ1v) is 6.31. The van der Waals surface area contributed by atoms with E-state index in [9.17, 15) is 9.59 Å². The Morgan fingerprint density at radius 2 is 2.21 bits per heavy atom. The molecule has 0 aromatic heterocycles. The van der Waals surface area contributed by atoms with Gasteiger partial charge in [-0.2, -0.15) is 0 Å². The number of rotatable bonds is 3. The highest BCUT2D eigenvalue weighted by atomic mass is 16.5. The zero-order valence-corrected chi connectivity index (χ0v) is 11.2. The standard InChI is InChI=1S/C14H18N2O3/c1-16-7-3-4-10-8-11(5-6-12(10)16)14(18)15-9-13(17)19-2/h5-6,8H,3-4,7,9H2,1-2H3,(H,15,18). The molecule has 1 N–H and O–H groups in total. The Labute approximate surface area is 112 Å².